The molecule has 2 aromatic rings. The number of hydrogen-bond acceptors (Lipinski definition) is 3. The molecule has 132 valence electrons. The zero-order valence-corrected chi connectivity index (χ0v) is 14.7. The van der Waals surface area contributed by atoms with Gasteiger partial charge < -0.3 is 10.2 Å². The second-order valence-corrected chi connectivity index (χ2v) is 6.76. The lowest BCUT2D eigenvalue weighted by Gasteiger charge is -2.29. The van der Waals surface area contributed by atoms with E-state index in [-0.39, 0.29) is 23.8 Å². The van der Waals surface area contributed by atoms with Gasteiger partial charge in [0.05, 0.1) is 5.69 Å². The third kappa shape index (κ3) is 3.90. The first kappa shape index (κ1) is 17.2. The molecule has 0 unspecified atom stereocenters. The number of benzene rings is 1. The Morgan fingerprint density at radius 2 is 2.04 bits per heavy atom. The number of likely N-dealkylation sites (tertiary alicyclic amines) is 1. The van der Waals surface area contributed by atoms with E-state index in [9.17, 15) is 9.59 Å². The Kier molecular flexibility index (Phi) is 5.16. The molecule has 0 radical (unpaired) electrons. The van der Waals surface area contributed by atoms with Gasteiger partial charge in [-0.05, 0) is 29.5 Å². The Balaban J connectivity index is 1.61. The summed E-state index contributed by atoms with van der Waals surface area (Å²) >= 11 is 0. The van der Waals surface area contributed by atoms with Crippen molar-refractivity contribution in [3.05, 3.63) is 42.1 Å². The average Bonchev–Trinajstić information content (AvgIpc) is 3.26. The molecule has 3 rings (SSSR count). The van der Waals surface area contributed by atoms with Crippen molar-refractivity contribution in [3.63, 3.8) is 0 Å². The summed E-state index contributed by atoms with van der Waals surface area (Å²) in [6.45, 7) is 5.09. The van der Waals surface area contributed by atoms with Crippen LogP contribution >= 0.6 is 0 Å². The summed E-state index contributed by atoms with van der Waals surface area (Å²) in [5, 5.41) is 9.85. The quantitative estimate of drug-likeness (QED) is 0.847. The summed E-state index contributed by atoms with van der Waals surface area (Å²) in [5.74, 6) is 0.0884. The zero-order valence-electron chi connectivity index (χ0n) is 14.7. The Hall–Kier alpha value is -2.63. The highest BCUT2D eigenvalue weighted by Gasteiger charge is 2.34. The molecule has 1 saturated heterocycles. The predicted molar refractivity (Wildman–Crippen MR) is 95.4 cm³/mol. The average molecular weight is 340 g/mol. The number of nitrogens with one attached hydrogen (secondary N) is 2. The molecule has 1 aromatic carbocycles. The summed E-state index contributed by atoms with van der Waals surface area (Å²) < 4.78 is 0. The summed E-state index contributed by atoms with van der Waals surface area (Å²) in [5.41, 5.74) is 3.03. The molecule has 0 bridgehead atoms. The molecular formula is C19H24N4O2. The van der Waals surface area contributed by atoms with Gasteiger partial charge in [-0.25, -0.2) is 0 Å². The van der Waals surface area contributed by atoms with E-state index in [2.05, 4.69) is 15.5 Å². The highest BCUT2D eigenvalue weighted by Crippen LogP contribution is 2.20. The van der Waals surface area contributed by atoms with E-state index < -0.39 is 0 Å². The van der Waals surface area contributed by atoms with E-state index in [4.69, 9.17) is 0 Å². The number of hydrogen-bond donors (Lipinski definition) is 2. The molecule has 1 atom stereocenters. The van der Waals surface area contributed by atoms with E-state index in [1.165, 1.54) is 0 Å². The van der Waals surface area contributed by atoms with Gasteiger partial charge in [-0.15, -0.1) is 0 Å². The Morgan fingerprint density at radius 3 is 2.60 bits per heavy atom. The van der Waals surface area contributed by atoms with Gasteiger partial charge >= 0.3 is 0 Å². The summed E-state index contributed by atoms with van der Waals surface area (Å²) in [6, 6.07) is 9.50. The molecule has 0 spiro atoms. The predicted octanol–water partition coefficient (Wildman–Crippen LogP) is 2.34. The first-order valence-corrected chi connectivity index (χ1v) is 8.72. The van der Waals surface area contributed by atoms with Crippen LogP contribution in [0.2, 0.25) is 0 Å². The van der Waals surface area contributed by atoms with Crippen LogP contribution in [0.15, 0.2) is 36.5 Å². The van der Waals surface area contributed by atoms with Crippen LogP contribution in [0, 0.1) is 5.92 Å². The summed E-state index contributed by atoms with van der Waals surface area (Å²) in [4.78, 5) is 26.3. The van der Waals surface area contributed by atoms with Gasteiger partial charge in [-0.2, -0.15) is 5.10 Å². The zero-order chi connectivity index (χ0) is 17.8. The van der Waals surface area contributed by atoms with Crippen molar-refractivity contribution >= 4 is 11.8 Å². The minimum atomic E-state index is -0.390. The number of carbonyl (C=O) groups excluding carboxylic acids is 2. The molecule has 1 fully saturated rings. The van der Waals surface area contributed by atoms with Crippen molar-refractivity contribution in [1.29, 1.82) is 0 Å². The van der Waals surface area contributed by atoms with Crippen molar-refractivity contribution in [1.82, 2.24) is 20.4 Å². The van der Waals surface area contributed by atoms with Crippen LogP contribution in [0.5, 0.6) is 0 Å². The molecule has 25 heavy (non-hydrogen) atoms. The van der Waals surface area contributed by atoms with Gasteiger partial charge in [0.15, 0.2) is 0 Å². The van der Waals surface area contributed by atoms with Crippen LogP contribution in [-0.4, -0.2) is 39.5 Å². The third-order valence-electron chi connectivity index (χ3n) is 4.58. The molecule has 0 saturated carbocycles. The smallest absolute Gasteiger partial charge is 0.243 e. The lowest BCUT2D eigenvalue weighted by Crippen LogP contribution is -2.50. The van der Waals surface area contributed by atoms with E-state index in [0.717, 1.165) is 23.2 Å². The number of nitrogens with zero attached hydrogens (tertiary/aromatic N) is 2. The van der Waals surface area contributed by atoms with Gasteiger partial charge in [0.1, 0.15) is 6.04 Å². The first-order chi connectivity index (χ1) is 12.1. The monoisotopic (exact) mass is 340 g/mol. The van der Waals surface area contributed by atoms with Crippen LogP contribution in [0.3, 0.4) is 0 Å². The fraction of sp³-hybridized carbons (Fsp3) is 0.421. The van der Waals surface area contributed by atoms with Crippen LogP contribution in [0.1, 0.15) is 32.3 Å². The van der Waals surface area contributed by atoms with Gasteiger partial charge in [0.25, 0.3) is 0 Å². The number of H-pyrrole nitrogens is 1. The molecule has 0 aliphatic carbocycles. The maximum Gasteiger partial charge on any atom is 0.243 e. The number of aromatic amines is 1. The molecular weight excluding hydrogens is 316 g/mol. The lowest BCUT2D eigenvalue weighted by atomic mass is 10.0. The van der Waals surface area contributed by atoms with Crippen LogP contribution < -0.4 is 5.32 Å². The minimum Gasteiger partial charge on any atom is -0.350 e. The maximum absolute atomic E-state index is 12.6. The number of rotatable bonds is 6. The lowest BCUT2D eigenvalue weighted by molar-refractivity contribution is -0.139. The molecule has 1 aromatic heterocycles. The van der Waals surface area contributed by atoms with Crippen molar-refractivity contribution in [2.45, 2.75) is 39.3 Å². The number of aromatic nitrogens is 2. The SMILES string of the molecule is CC(C)[C@@H](C(=O)NCc1ccc(-c2ccn[nH]2)cc1)N1CCCC1=O. The van der Waals surface area contributed by atoms with Gasteiger partial charge in [0.2, 0.25) is 11.8 Å². The molecule has 2 N–H and O–H groups in total. The van der Waals surface area contributed by atoms with Crippen LogP contribution in [0.25, 0.3) is 11.3 Å². The van der Waals surface area contributed by atoms with Crippen molar-refractivity contribution in [2.75, 3.05) is 6.54 Å². The highest BCUT2D eigenvalue weighted by molar-refractivity contribution is 5.88. The largest absolute Gasteiger partial charge is 0.350 e. The highest BCUT2D eigenvalue weighted by atomic mass is 16.2. The number of carbonyl (C=O) groups is 2. The van der Waals surface area contributed by atoms with E-state index in [1.54, 1.807) is 11.1 Å². The molecule has 2 heterocycles. The summed E-state index contributed by atoms with van der Waals surface area (Å²) in [6.07, 6.45) is 3.10. The van der Waals surface area contributed by atoms with Crippen molar-refractivity contribution in [2.24, 2.45) is 5.92 Å². The topological polar surface area (TPSA) is 78.1 Å². The molecule has 6 nitrogen and oxygen atoms in total. The number of amides is 2. The van der Waals surface area contributed by atoms with Gasteiger partial charge in [-0.1, -0.05) is 38.1 Å². The first-order valence-electron chi connectivity index (χ1n) is 8.72. The minimum absolute atomic E-state index is 0.0807. The fourth-order valence-corrected chi connectivity index (χ4v) is 3.28. The third-order valence-corrected chi connectivity index (χ3v) is 4.58. The molecule has 1 aliphatic heterocycles. The van der Waals surface area contributed by atoms with E-state index in [0.29, 0.717) is 19.5 Å². The van der Waals surface area contributed by atoms with Crippen molar-refractivity contribution < 1.29 is 9.59 Å². The van der Waals surface area contributed by atoms with Crippen LogP contribution in [-0.2, 0) is 16.1 Å². The Bertz CT molecular complexity index is 722. The maximum atomic E-state index is 12.6. The normalized spacial score (nSPS) is 15.6. The second kappa shape index (κ2) is 7.51. The van der Waals surface area contributed by atoms with E-state index in [1.807, 2.05) is 44.2 Å². The van der Waals surface area contributed by atoms with Gasteiger partial charge in [-0.3, -0.25) is 14.7 Å². The Morgan fingerprint density at radius 1 is 1.28 bits per heavy atom. The van der Waals surface area contributed by atoms with Crippen LogP contribution in [0.4, 0.5) is 0 Å². The Labute approximate surface area is 147 Å². The molecule has 1 aliphatic rings. The summed E-state index contributed by atoms with van der Waals surface area (Å²) in [7, 11) is 0. The van der Waals surface area contributed by atoms with Gasteiger partial charge in [0, 0.05) is 25.7 Å². The molecule has 2 amide bonds. The molecule has 6 heteroatoms. The van der Waals surface area contributed by atoms with E-state index >= 15 is 0 Å². The standard InChI is InChI=1S/C19H24N4O2/c1-13(2)18(23-11-3-4-17(23)24)19(25)20-12-14-5-7-15(8-6-14)16-9-10-21-22-16/h5-10,13,18H,3-4,11-12H2,1-2H3,(H,20,25)(H,21,22)/t18-/m0/s1. The fourth-order valence-electron chi connectivity index (χ4n) is 3.28. The second-order valence-electron chi connectivity index (χ2n) is 6.76. The van der Waals surface area contributed by atoms with Crippen molar-refractivity contribution in [3.8, 4) is 11.3 Å².